The van der Waals surface area contributed by atoms with Gasteiger partial charge in [-0.2, -0.15) is 0 Å². The number of carbonyl (C=O) groups excluding carboxylic acids is 5. The number of amides is 4. The molecular weight excluding hydrogens is 536 g/mol. The molecule has 1 saturated heterocycles. The van der Waals surface area contributed by atoms with Crippen LogP contribution in [-0.2, 0) is 23.9 Å². The molecule has 3 N–H and O–H groups in total. The van der Waals surface area contributed by atoms with E-state index < -0.39 is 47.4 Å². The Morgan fingerprint density at radius 3 is 2.29 bits per heavy atom. The summed E-state index contributed by atoms with van der Waals surface area (Å²) in [5.74, 6) is -1.58. The highest BCUT2D eigenvalue weighted by Gasteiger charge is 2.69. The van der Waals surface area contributed by atoms with Crippen molar-refractivity contribution >= 4 is 29.6 Å². The molecule has 234 valence electrons. The molecule has 1 heterocycles. The lowest BCUT2D eigenvalue weighted by atomic mass is 9.83. The van der Waals surface area contributed by atoms with Crippen LogP contribution in [0.3, 0.4) is 0 Å². The molecule has 0 spiro atoms. The van der Waals surface area contributed by atoms with Crippen LogP contribution in [0, 0.1) is 29.1 Å². The molecule has 4 amide bonds. The molecule has 0 aromatic rings. The van der Waals surface area contributed by atoms with Crippen LogP contribution in [0.4, 0.5) is 4.79 Å². The van der Waals surface area contributed by atoms with Gasteiger partial charge in [0, 0.05) is 13.1 Å². The van der Waals surface area contributed by atoms with Crippen molar-refractivity contribution < 1.29 is 28.7 Å². The summed E-state index contributed by atoms with van der Waals surface area (Å²) in [6, 6.07) is -2.54. The lowest BCUT2D eigenvalue weighted by molar-refractivity contribution is -0.145. The van der Waals surface area contributed by atoms with Gasteiger partial charge in [0.2, 0.25) is 17.6 Å². The first kappa shape index (κ1) is 32.0. The highest BCUT2D eigenvalue weighted by molar-refractivity contribution is 6.38. The van der Waals surface area contributed by atoms with Crippen molar-refractivity contribution in [2.45, 2.75) is 116 Å². The van der Waals surface area contributed by atoms with Crippen LogP contribution in [-0.4, -0.2) is 71.3 Å². The van der Waals surface area contributed by atoms with Gasteiger partial charge in [-0.05, 0) is 75.5 Å². The Morgan fingerprint density at radius 1 is 1.02 bits per heavy atom. The number of hydrogen-bond donors (Lipinski definition) is 3. The number of hydrogen-bond acceptors (Lipinski definition) is 6. The van der Waals surface area contributed by atoms with E-state index in [1.165, 1.54) is 6.08 Å². The van der Waals surface area contributed by atoms with E-state index in [0.29, 0.717) is 18.9 Å². The van der Waals surface area contributed by atoms with Gasteiger partial charge in [-0.3, -0.25) is 19.2 Å². The van der Waals surface area contributed by atoms with Gasteiger partial charge in [-0.15, -0.1) is 6.58 Å². The SMILES string of the molecule is C=CCNC(=O)C(=O)C(CCC1CC1)NC(=O)C1C2C(CN1C(=O)C(NC(=O)OC(C)(C)C)C1CCCCC1)C2(C)C. The number of ether oxygens (including phenoxy) is 1. The van der Waals surface area contributed by atoms with E-state index in [4.69, 9.17) is 4.74 Å². The van der Waals surface area contributed by atoms with Crippen LogP contribution < -0.4 is 16.0 Å². The number of ketones is 1. The molecule has 5 atom stereocenters. The molecule has 4 fully saturated rings. The van der Waals surface area contributed by atoms with Gasteiger partial charge < -0.3 is 25.6 Å². The fraction of sp³-hybridized carbons (Fsp3) is 0.781. The summed E-state index contributed by atoms with van der Waals surface area (Å²) < 4.78 is 5.51. The molecule has 0 aromatic carbocycles. The van der Waals surface area contributed by atoms with E-state index in [-0.39, 0.29) is 35.6 Å². The van der Waals surface area contributed by atoms with E-state index in [0.717, 1.165) is 51.4 Å². The second-order valence-corrected chi connectivity index (χ2v) is 14.4. The molecule has 4 aliphatic rings. The zero-order valence-corrected chi connectivity index (χ0v) is 26.0. The summed E-state index contributed by atoms with van der Waals surface area (Å²) >= 11 is 0. The predicted octanol–water partition coefficient (Wildman–Crippen LogP) is 3.49. The molecular formula is C32H50N4O6. The minimum Gasteiger partial charge on any atom is -0.444 e. The lowest BCUT2D eigenvalue weighted by Gasteiger charge is -2.37. The van der Waals surface area contributed by atoms with E-state index in [1.54, 1.807) is 25.7 Å². The van der Waals surface area contributed by atoms with Crippen LogP contribution in [0.25, 0.3) is 0 Å². The van der Waals surface area contributed by atoms with Gasteiger partial charge in [0.1, 0.15) is 17.7 Å². The third-order valence-corrected chi connectivity index (χ3v) is 9.64. The molecule has 3 saturated carbocycles. The standard InChI is InChI=1S/C32H50N4O6/c1-7-17-33-28(39)26(37)22(16-15-19-13-14-19)34-27(38)25-23-21(32(23,5)6)18-36(25)29(40)24(20-11-9-8-10-12-20)35-30(41)42-31(2,3)4/h7,19-25H,1,8-18H2,2-6H3,(H,33,39)(H,34,38)(H,35,41). The maximum Gasteiger partial charge on any atom is 0.408 e. The fourth-order valence-electron chi connectivity index (χ4n) is 7.02. The van der Waals surface area contributed by atoms with Crippen molar-refractivity contribution in [2.24, 2.45) is 29.1 Å². The minimum absolute atomic E-state index is 0.0474. The van der Waals surface area contributed by atoms with Gasteiger partial charge in [0.25, 0.3) is 5.91 Å². The first-order chi connectivity index (χ1) is 19.7. The molecule has 4 rings (SSSR count). The maximum atomic E-state index is 14.2. The van der Waals surface area contributed by atoms with E-state index in [2.05, 4.69) is 36.4 Å². The summed E-state index contributed by atoms with van der Waals surface area (Å²) in [6.07, 6.45) is 8.83. The van der Waals surface area contributed by atoms with Gasteiger partial charge >= 0.3 is 6.09 Å². The van der Waals surface area contributed by atoms with E-state index >= 15 is 0 Å². The Hall–Kier alpha value is -2.91. The Bertz CT molecular complexity index is 1070. The first-order valence-corrected chi connectivity index (χ1v) is 15.8. The number of nitrogens with one attached hydrogen (secondary N) is 3. The average molecular weight is 587 g/mol. The summed E-state index contributed by atoms with van der Waals surface area (Å²) in [5.41, 5.74) is -0.849. The minimum atomic E-state index is -0.963. The summed E-state index contributed by atoms with van der Waals surface area (Å²) in [7, 11) is 0. The highest BCUT2D eigenvalue weighted by Crippen LogP contribution is 2.65. The molecule has 0 radical (unpaired) electrons. The zero-order valence-electron chi connectivity index (χ0n) is 26.0. The summed E-state index contributed by atoms with van der Waals surface area (Å²) in [4.78, 5) is 68.4. The van der Waals surface area contributed by atoms with Gasteiger partial charge in [-0.1, -0.05) is 52.0 Å². The Morgan fingerprint density at radius 2 is 1.69 bits per heavy atom. The Kier molecular flexibility index (Phi) is 9.72. The van der Waals surface area contributed by atoms with Crippen molar-refractivity contribution in [1.29, 1.82) is 0 Å². The molecule has 3 aliphatic carbocycles. The number of carbonyl (C=O) groups is 5. The molecule has 42 heavy (non-hydrogen) atoms. The number of rotatable bonds is 12. The molecule has 10 nitrogen and oxygen atoms in total. The normalized spacial score (nSPS) is 26.3. The molecule has 0 aromatic heterocycles. The van der Waals surface area contributed by atoms with Crippen LogP contribution in [0.2, 0.25) is 0 Å². The maximum absolute atomic E-state index is 14.2. The third-order valence-electron chi connectivity index (χ3n) is 9.64. The fourth-order valence-corrected chi connectivity index (χ4v) is 7.02. The van der Waals surface area contributed by atoms with Crippen molar-refractivity contribution in [3.63, 3.8) is 0 Å². The predicted molar refractivity (Wildman–Crippen MR) is 158 cm³/mol. The second kappa shape index (κ2) is 12.8. The zero-order chi connectivity index (χ0) is 30.8. The van der Waals surface area contributed by atoms with Gasteiger partial charge in [-0.25, -0.2) is 4.79 Å². The molecule has 0 bridgehead atoms. The molecule has 10 heteroatoms. The topological polar surface area (TPSA) is 134 Å². The number of piperidine rings is 1. The lowest BCUT2D eigenvalue weighted by Crippen LogP contribution is -2.59. The second-order valence-electron chi connectivity index (χ2n) is 14.4. The summed E-state index contributed by atoms with van der Waals surface area (Å²) in [5, 5.41) is 8.28. The Labute approximate surface area is 250 Å². The molecule has 5 unspecified atom stereocenters. The van der Waals surface area contributed by atoms with E-state index in [9.17, 15) is 24.0 Å². The number of alkyl carbamates (subject to hydrolysis) is 1. The van der Waals surface area contributed by atoms with Crippen molar-refractivity contribution in [2.75, 3.05) is 13.1 Å². The van der Waals surface area contributed by atoms with Crippen LogP contribution in [0.1, 0.15) is 92.4 Å². The number of Topliss-reactive ketones (excluding diaryl/α,β-unsaturated/α-hetero) is 1. The van der Waals surface area contributed by atoms with Gasteiger partial charge in [0.15, 0.2) is 0 Å². The largest absolute Gasteiger partial charge is 0.444 e. The third kappa shape index (κ3) is 7.53. The van der Waals surface area contributed by atoms with Crippen molar-refractivity contribution in [3.05, 3.63) is 12.7 Å². The van der Waals surface area contributed by atoms with Crippen molar-refractivity contribution in [3.8, 4) is 0 Å². The molecule has 1 aliphatic heterocycles. The number of fused-ring (bicyclic) bond motifs is 1. The number of likely N-dealkylation sites (tertiary alicyclic amines) is 1. The van der Waals surface area contributed by atoms with Crippen LogP contribution in [0.15, 0.2) is 12.7 Å². The monoisotopic (exact) mass is 586 g/mol. The number of nitrogens with zero attached hydrogens (tertiary/aromatic N) is 1. The highest BCUT2D eigenvalue weighted by atomic mass is 16.6. The van der Waals surface area contributed by atoms with Crippen LogP contribution in [0.5, 0.6) is 0 Å². The Balaban J connectivity index is 1.54. The van der Waals surface area contributed by atoms with E-state index in [1.807, 2.05) is 0 Å². The average Bonchev–Trinajstić information content (AvgIpc) is 3.79. The first-order valence-electron chi connectivity index (χ1n) is 15.8. The smallest absolute Gasteiger partial charge is 0.408 e. The quantitative estimate of drug-likeness (QED) is 0.237. The van der Waals surface area contributed by atoms with Crippen LogP contribution >= 0.6 is 0 Å². The van der Waals surface area contributed by atoms with Gasteiger partial charge in [0.05, 0.1) is 6.04 Å². The summed E-state index contributed by atoms with van der Waals surface area (Å²) in [6.45, 7) is 13.7. The van der Waals surface area contributed by atoms with Crippen molar-refractivity contribution in [1.82, 2.24) is 20.9 Å².